The highest BCUT2D eigenvalue weighted by Crippen LogP contribution is 2.21. The third-order valence-electron chi connectivity index (χ3n) is 3.69. The van der Waals surface area contributed by atoms with Gasteiger partial charge in [0.05, 0.1) is 11.9 Å². The first-order valence-electron chi connectivity index (χ1n) is 8.36. The molecule has 2 rings (SSSR count). The van der Waals surface area contributed by atoms with Crippen LogP contribution in [0.4, 0.5) is 5.69 Å². The average molecular weight is 427 g/mol. The Labute approximate surface area is 170 Å². The molecule has 2 aromatic rings. The van der Waals surface area contributed by atoms with Crippen LogP contribution in [0.3, 0.4) is 0 Å². The summed E-state index contributed by atoms with van der Waals surface area (Å²) in [7, 11) is -3.57. The van der Waals surface area contributed by atoms with Gasteiger partial charge in [0, 0.05) is 22.2 Å². The molecule has 1 N–H and O–H groups in total. The number of carbonyl (C=O) groups is 1. The van der Waals surface area contributed by atoms with Gasteiger partial charge < -0.3 is 5.32 Å². The lowest BCUT2D eigenvalue weighted by Gasteiger charge is -2.22. The summed E-state index contributed by atoms with van der Waals surface area (Å²) in [6.07, 6.45) is 1.11. The lowest BCUT2D eigenvalue weighted by molar-refractivity contribution is -0.119. The van der Waals surface area contributed by atoms with Gasteiger partial charge in [0.25, 0.3) is 0 Å². The number of nitrogens with zero attached hydrogens (tertiary/aromatic N) is 1. The van der Waals surface area contributed by atoms with E-state index >= 15 is 0 Å². The molecule has 0 heterocycles. The van der Waals surface area contributed by atoms with Crippen molar-refractivity contribution in [3.8, 4) is 0 Å². The van der Waals surface area contributed by atoms with Crippen molar-refractivity contribution in [2.24, 2.45) is 0 Å². The van der Waals surface area contributed by atoms with Crippen LogP contribution < -0.4 is 9.62 Å². The minimum absolute atomic E-state index is 0.243. The van der Waals surface area contributed by atoms with E-state index in [1.54, 1.807) is 23.9 Å². The third-order valence-corrected chi connectivity index (χ3v) is 6.09. The number of anilines is 1. The van der Waals surface area contributed by atoms with Crippen LogP contribution in [0, 0.1) is 13.8 Å². The Bertz CT molecular complexity index is 879. The Morgan fingerprint density at radius 3 is 2.26 bits per heavy atom. The fourth-order valence-corrected chi connectivity index (χ4v) is 4.31. The van der Waals surface area contributed by atoms with Crippen LogP contribution in [0.2, 0.25) is 5.02 Å². The van der Waals surface area contributed by atoms with Crippen molar-refractivity contribution in [2.45, 2.75) is 18.7 Å². The summed E-state index contributed by atoms with van der Waals surface area (Å²) in [5.74, 6) is 0.340. The zero-order chi connectivity index (χ0) is 20.0. The van der Waals surface area contributed by atoms with Crippen molar-refractivity contribution in [1.82, 2.24) is 5.32 Å². The molecule has 0 atom stereocenters. The summed E-state index contributed by atoms with van der Waals surface area (Å²) in [6.45, 7) is 3.99. The Morgan fingerprint density at radius 2 is 1.70 bits per heavy atom. The van der Waals surface area contributed by atoms with Crippen LogP contribution in [0.1, 0.15) is 11.1 Å². The maximum Gasteiger partial charge on any atom is 0.240 e. The van der Waals surface area contributed by atoms with Crippen LogP contribution >= 0.6 is 23.4 Å². The highest BCUT2D eigenvalue weighted by Gasteiger charge is 2.21. The fourth-order valence-electron chi connectivity index (χ4n) is 2.57. The molecule has 1 amide bonds. The Morgan fingerprint density at radius 1 is 1.11 bits per heavy atom. The van der Waals surface area contributed by atoms with Gasteiger partial charge >= 0.3 is 0 Å². The van der Waals surface area contributed by atoms with E-state index in [1.165, 1.54) is 0 Å². The van der Waals surface area contributed by atoms with Crippen molar-refractivity contribution in [3.05, 3.63) is 58.6 Å². The number of hydrogen-bond donors (Lipinski definition) is 1. The molecule has 0 spiro atoms. The molecule has 27 heavy (non-hydrogen) atoms. The van der Waals surface area contributed by atoms with E-state index in [2.05, 4.69) is 5.32 Å². The molecule has 8 heteroatoms. The van der Waals surface area contributed by atoms with Gasteiger partial charge in [-0.05, 0) is 61.4 Å². The molecule has 0 aliphatic carbocycles. The molecule has 0 unspecified atom stereocenters. The number of aryl methyl sites for hydroxylation is 2. The van der Waals surface area contributed by atoms with E-state index in [1.807, 2.05) is 44.2 Å². The van der Waals surface area contributed by atoms with Crippen molar-refractivity contribution >= 4 is 45.0 Å². The normalized spacial score (nSPS) is 11.3. The average Bonchev–Trinajstić information content (AvgIpc) is 2.56. The first-order valence-corrected chi connectivity index (χ1v) is 11.6. The SMILES string of the molecule is Cc1cc(C)cc(N(CC(=O)NCCSc2ccc(Cl)cc2)S(C)(=O)=O)c1. The zero-order valence-corrected chi connectivity index (χ0v) is 17.9. The number of benzene rings is 2. The van der Waals surface area contributed by atoms with Crippen molar-refractivity contribution in [1.29, 1.82) is 0 Å². The van der Waals surface area contributed by atoms with Crippen LogP contribution in [0.25, 0.3) is 0 Å². The molecule has 146 valence electrons. The van der Waals surface area contributed by atoms with E-state index in [4.69, 9.17) is 11.6 Å². The molecule has 0 saturated heterocycles. The van der Waals surface area contributed by atoms with E-state index in [9.17, 15) is 13.2 Å². The summed E-state index contributed by atoms with van der Waals surface area (Å²) in [5, 5.41) is 3.45. The predicted molar refractivity (Wildman–Crippen MR) is 113 cm³/mol. The second-order valence-electron chi connectivity index (χ2n) is 6.27. The molecule has 0 aliphatic rings. The van der Waals surface area contributed by atoms with Crippen molar-refractivity contribution in [2.75, 3.05) is 29.4 Å². The lowest BCUT2D eigenvalue weighted by Crippen LogP contribution is -2.41. The van der Waals surface area contributed by atoms with Gasteiger partial charge in [0.15, 0.2) is 0 Å². The number of sulfonamides is 1. The van der Waals surface area contributed by atoms with Gasteiger partial charge in [0.2, 0.25) is 15.9 Å². The summed E-state index contributed by atoms with van der Waals surface area (Å²) >= 11 is 7.44. The van der Waals surface area contributed by atoms with Gasteiger partial charge in [-0.15, -0.1) is 11.8 Å². The molecule has 0 fully saturated rings. The largest absolute Gasteiger partial charge is 0.354 e. The third kappa shape index (κ3) is 7.08. The molecule has 0 aliphatic heterocycles. The fraction of sp³-hybridized carbons (Fsp3) is 0.316. The van der Waals surface area contributed by atoms with Crippen LogP contribution in [-0.4, -0.2) is 39.4 Å². The van der Waals surface area contributed by atoms with Gasteiger partial charge in [-0.1, -0.05) is 17.7 Å². The highest BCUT2D eigenvalue weighted by atomic mass is 35.5. The molecule has 0 radical (unpaired) electrons. The minimum Gasteiger partial charge on any atom is -0.354 e. The van der Waals surface area contributed by atoms with Crippen molar-refractivity contribution < 1.29 is 13.2 Å². The van der Waals surface area contributed by atoms with Crippen LogP contribution in [-0.2, 0) is 14.8 Å². The number of rotatable bonds is 8. The first-order chi connectivity index (χ1) is 12.6. The maximum atomic E-state index is 12.3. The van der Waals surface area contributed by atoms with Gasteiger partial charge in [0.1, 0.15) is 6.54 Å². The summed E-state index contributed by atoms with van der Waals surface area (Å²) < 4.78 is 25.5. The number of thioether (sulfide) groups is 1. The molecule has 0 aromatic heterocycles. The van der Waals surface area contributed by atoms with Crippen molar-refractivity contribution in [3.63, 3.8) is 0 Å². The number of carbonyl (C=O) groups excluding carboxylic acids is 1. The standard InChI is InChI=1S/C19H23ClN2O3S2/c1-14-10-15(2)12-17(11-14)22(27(3,24)25)13-19(23)21-8-9-26-18-6-4-16(20)5-7-18/h4-7,10-12H,8-9,13H2,1-3H3,(H,21,23). The summed E-state index contributed by atoms with van der Waals surface area (Å²) in [5.41, 5.74) is 2.39. The zero-order valence-electron chi connectivity index (χ0n) is 15.5. The van der Waals surface area contributed by atoms with E-state index in [0.717, 1.165) is 26.6 Å². The van der Waals surface area contributed by atoms with E-state index in [0.29, 0.717) is 23.0 Å². The topological polar surface area (TPSA) is 66.5 Å². The molecule has 0 saturated carbocycles. The number of hydrogen-bond acceptors (Lipinski definition) is 4. The maximum absolute atomic E-state index is 12.3. The second-order valence-corrected chi connectivity index (χ2v) is 9.78. The number of halogens is 1. The number of amides is 1. The smallest absolute Gasteiger partial charge is 0.240 e. The lowest BCUT2D eigenvalue weighted by atomic mass is 10.1. The first kappa shape index (κ1) is 21.6. The monoisotopic (exact) mass is 426 g/mol. The van der Waals surface area contributed by atoms with Gasteiger partial charge in [-0.25, -0.2) is 8.42 Å². The molecular weight excluding hydrogens is 404 g/mol. The van der Waals surface area contributed by atoms with Crippen LogP contribution in [0.5, 0.6) is 0 Å². The van der Waals surface area contributed by atoms with E-state index in [-0.39, 0.29) is 12.5 Å². The summed E-state index contributed by atoms with van der Waals surface area (Å²) in [4.78, 5) is 13.3. The van der Waals surface area contributed by atoms with Crippen LogP contribution in [0.15, 0.2) is 47.4 Å². The minimum atomic E-state index is -3.57. The number of nitrogens with one attached hydrogen (secondary N) is 1. The van der Waals surface area contributed by atoms with Gasteiger partial charge in [-0.2, -0.15) is 0 Å². The predicted octanol–water partition coefficient (Wildman–Crippen LogP) is 3.63. The van der Waals surface area contributed by atoms with E-state index < -0.39 is 10.0 Å². The highest BCUT2D eigenvalue weighted by molar-refractivity contribution is 7.99. The summed E-state index contributed by atoms with van der Waals surface area (Å²) in [6, 6.07) is 12.9. The Balaban J connectivity index is 1.93. The molecular formula is C19H23ClN2O3S2. The molecule has 2 aromatic carbocycles. The molecule has 0 bridgehead atoms. The quantitative estimate of drug-likeness (QED) is 0.517. The Hall–Kier alpha value is -1.70. The Kier molecular flexibility index (Phi) is 7.59. The molecule has 5 nitrogen and oxygen atoms in total. The van der Waals surface area contributed by atoms with Gasteiger partial charge in [-0.3, -0.25) is 9.10 Å². The second kappa shape index (κ2) is 9.48.